The fourth-order valence-corrected chi connectivity index (χ4v) is 2.31. The largest absolute Gasteiger partial charge is 0.224 e. The number of halogens is 2. The molecule has 0 spiro atoms. The fraction of sp³-hybridized carbons (Fsp3) is 0.400. The van der Waals surface area contributed by atoms with Crippen LogP contribution in [-0.2, 0) is 0 Å². The Morgan fingerprint density at radius 2 is 1.93 bits per heavy atom. The molecule has 0 saturated carbocycles. The van der Waals surface area contributed by atoms with E-state index in [2.05, 4.69) is 22.1 Å². The summed E-state index contributed by atoms with van der Waals surface area (Å²) in [4.78, 5) is 7.90. The average Bonchev–Trinajstić information content (AvgIpc) is 2.19. The first-order valence-electron chi connectivity index (χ1n) is 4.61. The minimum atomic E-state index is 0.282. The van der Waals surface area contributed by atoms with Gasteiger partial charge in [0, 0.05) is 11.5 Å². The molecular weight excluding hydrogens is 219 g/mol. The number of aromatic nitrogens is 2. The van der Waals surface area contributed by atoms with Crippen LogP contribution >= 0.6 is 23.2 Å². The Labute approximate surface area is 93.0 Å². The van der Waals surface area contributed by atoms with Gasteiger partial charge in [-0.05, 0) is 19.3 Å². The van der Waals surface area contributed by atoms with Crippen molar-refractivity contribution in [3.63, 3.8) is 0 Å². The monoisotopic (exact) mass is 228 g/mol. The summed E-state index contributed by atoms with van der Waals surface area (Å²) in [6.07, 6.45) is 9.07. The van der Waals surface area contributed by atoms with Crippen molar-refractivity contribution in [1.29, 1.82) is 0 Å². The zero-order valence-electron chi connectivity index (χ0n) is 7.58. The summed E-state index contributed by atoms with van der Waals surface area (Å²) in [5.74, 6) is 0.282. The van der Waals surface area contributed by atoms with Gasteiger partial charge in [-0.25, -0.2) is 9.97 Å². The van der Waals surface area contributed by atoms with Gasteiger partial charge in [-0.15, -0.1) is 0 Å². The van der Waals surface area contributed by atoms with Crippen LogP contribution in [0, 0.1) is 0 Å². The lowest BCUT2D eigenvalue weighted by Crippen LogP contribution is -2.03. The van der Waals surface area contributed by atoms with E-state index in [1.54, 1.807) is 0 Å². The van der Waals surface area contributed by atoms with Crippen LogP contribution in [0.15, 0.2) is 18.5 Å². The smallest absolute Gasteiger partial charge is 0.137 e. The lowest BCUT2D eigenvalue weighted by molar-refractivity contribution is 0.650. The van der Waals surface area contributed by atoms with Gasteiger partial charge in [0.15, 0.2) is 0 Å². The predicted octanol–water partition coefficient (Wildman–Crippen LogP) is 3.61. The zero-order chi connectivity index (χ0) is 9.97. The van der Waals surface area contributed by atoms with Crippen molar-refractivity contribution >= 4 is 23.2 Å². The van der Waals surface area contributed by atoms with Gasteiger partial charge in [0.2, 0.25) is 0 Å². The van der Waals surface area contributed by atoms with E-state index in [1.165, 1.54) is 12.7 Å². The Morgan fingerprint density at radius 1 is 1.21 bits per heavy atom. The van der Waals surface area contributed by atoms with Crippen LogP contribution in [0.4, 0.5) is 0 Å². The molecule has 1 aliphatic rings. The van der Waals surface area contributed by atoms with Crippen LogP contribution in [0.2, 0.25) is 10.3 Å². The molecule has 0 N–H and O–H groups in total. The van der Waals surface area contributed by atoms with Crippen LogP contribution in [-0.4, -0.2) is 9.97 Å². The van der Waals surface area contributed by atoms with Gasteiger partial charge >= 0.3 is 0 Å². The molecule has 4 heteroatoms. The second-order valence-corrected chi connectivity index (χ2v) is 4.05. The highest BCUT2D eigenvalue weighted by Gasteiger charge is 2.18. The molecule has 1 aromatic rings. The molecule has 74 valence electrons. The first-order chi connectivity index (χ1) is 6.79. The first-order valence-corrected chi connectivity index (χ1v) is 5.37. The van der Waals surface area contributed by atoms with E-state index in [4.69, 9.17) is 23.2 Å². The number of allylic oxidation sites excluding steroid dienone is 2. The van der Waals surface area contributed by atoms with Crippen molar-refractivity contribution in [3.05, 3.63) is 34.3 Å². The van der Waals surface area contributed by atoms with Gasteiger partial charge in [0.05, 0.1) is 0 Å². The quantitative estimate of drug-likeness (QED) is 0.543. The van der Waals surface area contributed by atoms with E-state index in [0.717, 1.165) is 18.4 Å². The standard InChI is InChI=1S/C10H10Cl2N2/c11-9-8(10(12)14-6-13-9)7-4-2-1-3-5-7/h2,4,6-7H,1,3,5H2. The number of hydrogen-bond acceptors (Lipinski definition) is 2. The second-order valence-electron chi connectivity index (χ2n) is 3.33. The molecule has 1 aromatic heterocycles. The van der Waals surface area contributed by atoms with E-state index in [1.807, 2.05) is 0 Å². The molecule has 2 nitrogen and oxygen atoms in total. The summed E-state index contributed by atoms with van der Waals surface area (Å²) < 4.78 is 0. The van der Waals surface area contributed by atoms with Crippen LogP contribution < -0.4 is 0 Å². The van der Waals surface area contributed by atoms with E-state index < -0.39 is 0 Å². The highest BCUT2D eigenvalue weighted by atomic mass is 35.5. The highest BCUT2D eigenvalue weighted by Crippen LogP contribution is 2.34. The van der Waals surface area contributed by atoms with Gasteiger partial charge in [0.1, 0.15) is 16.6 Å². The minimum absolute atomic E-state index is 0.282. The molecule has 0 fully saturated rings. The molecule has 0 saturated heterocycles. The SMILES string of the molecule is Clc1ncnc(Cl)c1C1C=CCCC1. The molecular formula is C10H10Cl2N2. The van der Waals surface area contributed by atoms with E-state index in [9.17, 15) is 0 Å². The van der Waals surface area contributed by atoms with Crippen molar-refractivity contribution in [2.75, 3.05) is 0 Å². The summed E-state index contributed by atoms with van der Waals surface area (Å²) in [7, 11) is 0. The maximum absolute atomic E-state index is 5.99. The van der Waals surface area contributed by atoms with E-state index in [-0.39, 0.29) is 5.92 Å². The molecule has 0 bridgehead atoms. The molecule has 1 aliphatic carbocycles. The summed E-state index contributed by atoms with van der Waals surface area (Å²) in [5.41, 5.74) is 0.867. The third-order valence-corrected chi connectivity index (χ3v) is 3.01. The van der Waals surface area contributed by atoms with E-state index >= 15 is 0 Å². The summed E-state index contributed by atoms with van der Waals surface area (Å²) >= 11 is 12.0. The normalized spacial score (nSPS) is 21.1. The van der Waals surface area contributed by atoms with Crippen LogP contribution in [0.5, 0.6) is 0 Å². The van der Waals surface area contributed by atoms with Gasteiger partial charge in [-0.1, -0.05) is 35.4 Å². The Bertz CT molecular complexity index is 343. The maximum Gasteiger partial charge on any atom is 0.137 e. The molecule has 14 heavy (non-hydrogen) atoms. The summed E-state index contributed by atoms with van der Waals surface area (Å²) in [5, 5.41) is 0.947. The molecule has 1 atom stereocenters. The van der Waals surface area contributed by atoms with Gasteiger partial charge < -0.3 is 0 Å². The molecule has 0 aromatic carbocycles. The van der Waals surface area contributed by atoms with Gasteiger partial charge in [-0.2, -0.15) is 0 Å². The van der Waals surface area contributed by atoms with E-state index in [0.29, 0.717) is 10.3 Å². The van der Waals surface area contributed by atoms with Crippen molar-refractivity contribution in [1.82, 2.24) is 9.97 Å². The van der Waals surface area contributed by atoms with Crippen molar-refractivity contribution in [2.24, 2.45) is 0 Å². The predicted molar refractivity (Wildman–Crippen MR) is 57.8 cm³/mol. The van der Waals surface area contributed by atoms with Crippen LogP contribution in [0.25, 0.3) is 0 Å². The molecule has 0 amide bonds. The molecule has 1 unspecified atom stereocenters. The van der Waals surface area contributed by atoms with Crippen molar-refractivity contribution < 1.29 is 0 Å². The maximum atomic E-state index is 5.99. The van der Waals surface area contributed by atoms with Crippen LogP contribution in [0.3, 0.4) is 0 Å². The molecule has 0 radical (unpaired) electrons. The third kappa shape index (κ3) is 1.91. The number of rotatable bonds is 1. The highest BCUT2D eigenvalue weighted by molar-refractivity contribution is 6.34. The molecule has 0 aliphatic heterocycles. The van der Waals surface area contributed by atoms with Crippen molar-refractivity contribution in [2.45, 2.75) is 25.2 Å². The topological polar surface area (TPSA) is 25.8 Å². The van der Waals surface area contributed by atoms with Gasteiger partial charge in [0.25, 0.3) is 0 Å². The Morgan fingerprint density at radius 3 is 2.50 bits per heavy atom. The van der Waals surface area contributed by atoms with Gasteiger partial charge in [-0.3, -0.25) is 0 Å². The molecule has 1 heterocycles. The summed E-state index contributed by atoms with van der Waals surface area (Å²) in [6, 6.07) is 0. The van der Waals surface area contributed by atoms with Crippen LogP contribution in [0.1, 0.15) is 30.7 Å². The first kappa shape index (κ1) is 9.94. The molecule has 2 rings (SSSR count). The Hall–Kier alpha value is -0.600. The second kappa shape index (κ2) is 4.28. The number of nitrogens with zero attached hydrogens (tertiary/aromatic N) is 2. The Kier molecular flexibility index (Phi) is 3.04. The lowest BCUT2D eigenvalue weighted by Gasteiger charge is -2.17. The minimum Gasteiger partial charge on any atom is -0.224 e. The number of hydrogen-bond donors (Lipinski definition) is 0. The third-order valence-electron chi connectivity index (χ3n) is 2.41. The van der Waals surface area contributed by atoms with Crippen molar-refractivity contribution in [3.8, 4) is 0 Å². The average molecular weight is 229 g/mol. The zero-order valence-corrected chi connectivity index (χ0v) is 9.09. The Balaban J connectivity index is 2.39. The summed E-state index contributed by atoms with van der Waals surface area (Å²) in [6.45, 7) is 0. The fourth-order valence-electron chi connectivity index (χ4n) is 1.71. The lowest BCUT2D eigenvalue weighted by atomic mass is 9.91.